The lowest BCUT2D eigenvalue weighted by molar-refractivity contribution is -0.123. The van der Waals surface area contributed by atoms with Gasteiger partial charge in [0.1, 0.15) is 6.67 Å². The van der Waals surface area contributed by atoms with Crippen LogP contribution in [0, 0.1) is 0 Å². The Balaban J connectivity index is 3.63. The van der Waals surface area contributed by atoms with Crippen molar-refractivity contribution >= 4 is 5.91 Å². The molecule has 0 aromatic carbocycles. The van der Waals surface area contributed by atoms with Crippen LogP contribution in [0.15, 0.2) is 12.2 Å². The Morgan fingerprint density at radius 1 is 1.67 bits per heavy atom. The van der Waals surface area contributed by atoms with E-state index in [1.165, 1.54) is 17.1 Å². The fourth-order valence-electron chi connectivity index (χ4n) is 0.294. The van der Waals surface area contributed by atoms with Crippen molar-refractivity contribution in [2.45, 2.75) is 0 Å². The summed E-state index contributed by atoms with van der Waals surface area (Å²) in [6.45, 7) is -0.584. The first kappa shape index (κ1) is 8.14. The minimum absolute atomic E-state index is 0.187. The third kappa shape index (κ3) is 3.70. The van der Waals surface area contributed by atoms with Crippen LogP contribution in [0.3, 0.4) is 0 Å². The SMILES string of the molecule is CN(C)C(=O)C=CCF. The van der Waals surface area contributed by atoms with E-state index >= 15 is 0 Å². The van der Waals surface area contributed by atoms with Gasteiger partial charge in [0.05, 0.1) is 0 Å². The van der Waals surface area contributed by atoms with Crippen LogP contribution < -0.4 is 0 Å². The van der Waals surface area contributed by atoms with Gasteiger partial charge >= 0.3 is 0 Å². The maximum Gasteiger partial charge on any atom is 0.245 e. The Hall–Kier alpha value is -0.860. The zero-order chi connectivity index (χ0) is 7.28. The minimum Gasteiger partial charge on any atom is -0.345 e. The number of rotatable bonds is 2. The van der Waals surface area contributed by atoms with Crippen LogP contribution >= 0.6 is 0 Å². The highest BCUT2D eigenvalue weighted by atomic mass is 19.1. The van der Waals surface area contributed by atoms with E-state index in [0.29, 0.717) is 0 Å². The Morgan fingerprint density at radius 2 is 2.22 bits per heavy atom. The number of halogens is 1. The van der Waals surface area contributed by atoms with Crippen molar-refractivity contribution in [3.63, 3.8) is 0 Å². The Labute approximate surface area is 54.0 Å². The van der Waals surface area contributed by atoms with Gasteiger partial charge < -0.3 is 4.90 Å². The van der Waals surface area contributed by atoms with Crippen LogP contribution in [0.25, 0.3) is 0 Å². The van der Waals surface area contributed by atoms with Crippen molar-refractivity contribution in [2.75, 3.05) is 20.8 Å². The van der Waals surface area contributed by atoms with Gasteiger partial charge in [0.25, 0.3) is 0 Å². The second-order valence-corrected chi connectivity index (χ2v) is 1.79. The zero-order valence-corrected chi connectivity index (χ0v) is 5.60. The monoisotopic (exact) mass is 131 g/mol. The highest BCUT2D eigenvalue weighted by molar-refractivity contribution is 5.87. The molecule has 0 aliphatic carbocycles. The third-order valence-corrected chi connectivity index (χ3v) is 0.790. The summed E-state index contributed by atoms with van der Waals surface area (Å²) >= 11 is 0. The number of amides is 1. The van der Waals surface area contributed by atoms with E-state index in [9.17, 15) is 9.18 Å². The number of carbonyl (C=O) groups excluding carboxylic acids is 1. The third-order valence-electron chi connectivity index (χ3n) is 0.790. The highest BCUT2D eigenvalue weighted by Gasteiger charge is 1.94. The zero-order valence-electron chi connectivity index (χ0n) is 5.60. The van der Waals surface area contributed by atoms with Crippen LogP contribution in [-0.2, 0) is 4.79 Å². The van der Waals surface area contributed by atoms with Crippen molar-refractivity contribution in [1.82, 2.24) is 4.90 Å². The average molecular weight is 131 g/mol. The van der Waals surface area contributed by atoms with Crippen molar-refractivity contribution in [1.29, 1.82) is 0 Å². The molecule has 0 radical (unpaired) electrons. The van der Waals surface area contributed by atoms with Crippen molar-refractivity contribution in [3.8, 4) is 0 Å². The molecule has 0 aromatic heterocycles. The minimum atomic E-state index is -0.584. The summed E-state index contributed by atoms with van der Waals surface area (Å²) in [5.74, 6) is -0.187. The molecule has 1 amide bonds. The number of alkyl halides is 1. The first-order chi connectivity index (χ1) is 4.18. The van der Waals surface area contributed by atoms with Crippen LogP contribution in [0.4, 0.5) is 4.39 Å². The van der Waals surface area contributed by atoms with Gasteiger partial charge in [-0.1, -0.05) is 0 Å². The topological polar surface area (TPSA) is 20.3 Å². The molecular weight excluding hydrogens is 121 g/mol. The molecule has 0 saturated heterocycles. The predicted octanol–water partition coefficient (Wildman–Crippen LogP) is 0.600. The molecule has 0 aliphatic heterocycles. The molecule has 0 heterocycles. The molecule has 0 saturated carbocycles. The lowest BCUT2D eigenvalue weighted by atomic mass is 10.5. The van der Waals surface area contributed by atoms with Crippen molar-refractivity contribution < 1.29 is 9.18 Å². The average Bonchev–Trinajstić information content (AvgIpc) is 1.82. The quantitative estimate of drug-likeness (QED) is 0.502. The molecule has 0 atom stereocenters. The molecule has 0 unspecified atom stereocenters. The molecule has 0 aliphatic rings. The van der Waals surface area contributed by atoms with Gasteiger partial charge in [-0.05, 0) is 6.08 Å². The summed E-state index contributed by atoms with van der Waals surface area (Å²) in [4.78, 5) is 12.0. The lowest BCUT2D eigenvalue weighted by Gasteiger charge is -2.04. The fourth-order valence-corrected chi connectivity index (χ4v) is 0.294. The van der Waals surface area contributed by atoms with Crippen LogP contribution in [0.1, 0.15) is 0 Å². The van der Waals surface area contributed by atoms with Crippen LogP contribution in [0.5, 0.6) is 0 Å². The van der Waals surface area contributed by atoms with Crippen LogP contribution in [-0.4, -0.2) is 31.6 Å². The molecule has 0 bridgehead atoms. The lowest BCUT2D eigenvalue weighted by Crippen LogP contribution is -2.18. The number of carbonyl (C=O) groups is 1. The summed E-state index contributed by atoms with van der Waals surface area (Å²) in [6, 6.07) is 0. The molecule has 0 fully saturated rings. The second kappa shape index (κ2) is 4.06. The summed E-state index contributed by atoms with van der Waals surface area (Å²) in [5, 5.41) is 0. The van der Waals surface area contributed by atoms with Gasteiger partial charge in [0.15, 0.2) is 0 Å². The fraction of sp³-hybridized carbons (Fsp3) is 0.500. The first-order valence-corrected chi connectivity index (χ1v) is 2.62. The summed E-state index contributed by atoms with van der Waals surface area (Å²) in [5.41, 5.74) is 0. The second-order valence-electron chi connectivity index (χ2n) is 1.79. The van der Waals surface area contributed by atoms with Gasteiger partial charge in [0.2, 0.25) is 5.91 Å². The van der Waals surface area contributed by atoms with Gasteiger partial charge in [-0.2, -0.15) is 0 Å². The molecule has 0 aromatic rings. The summed E-state index contributed by atoms with van der Waals surface area (Å²) in [7, 11) is 3.23. The predicted molar refractivity (Wildman–Crippen MR) is 33.8 cm³/mol. The molecule has 9 heavy (non-hydrogen) atoms. The first-order valence-electron chi connectivity index (χ1n) is 2.62. The summed E-state index contributed by atoms with van der Waals surface area (Å²) < 4.78 is 11.4. The van der Waals surface area contributed by atoms with E-state index in [0.717, 1.165) is 0 Å². The number of nitrogens with zero attached hydrogens (tertiary/aromatic N) is 1. The normalized spacial score (nSPS) is 10.1. The maximum atomic E-state index is 11.4. The number of hydrogen-bond acceptors (Lipinski definition) is 1. The number of hydrogen-bond donors (Lipinski definition) is 0. The van der Waals surface area contributed by atoms with Crippen molar-refractivity contribution in [3.05, 3.63) is 12.2 Å². The molecule has 3 heteroatoms. The Bertz CT molecular complexity index is 120. The highest BCUT2D eigenvalue weighted by Crippen LogP contribution is 1.81. The van der Waals surface area contributed by atoms with E-state index in [1.807, 2.05) is 0 Å². The van der Waals surface area contributed by atoms with Crippen LogP contribution in [0.2, 0.25) is 0 Å². The van der Waals surface area contributed by atoms with E-state index in [4.69, 9.17) is 0 Å². The number of likely N-dealkylation sites (N-methyl/N-ethyl adjacent to an activating group) is 1. The molecule has 2 nitrogen and oxygen atoms in total. The van der Waals surface area contributed by atoms with Gasteiger partial charge in [0, 0.05) is 20.2 Å². The Morgan fingerprint density at radius 3 is 2.56 bits per heavy atom. The molecule has 0 rings (SSSR count). The standard InChI is InChI=1S/C6H10FNO/c1-8(2)6(9)4-3-5-7/h3-4H,5H2,1-2H3. The molecule has 0 spiro atoms. The van der Waals surface area contributed by atoms with E-state index < -0.39 is 6.67 Å². The number of allylic oxidation sites excluding steroid dienone is 1. The van der Waals surface area contributed by atoms with Crippen molar-refractivity contribution in [2.24, 2.45) is 0 Å². The molecule has 0 N–H and O–H groups in total. The smallest absolute Gasteiger partial charge is 0.245 e. The van der Waals surface area contributed by atoms with E-state index in [1.54, 1.807) is 14.1 Å². The van der Waals surface area contributed by atoms with E-state index in [2.05, 4.69) is 0 Å². The van der Waals surface area contributed by atoms with Gasteiger partial charge in [-0.3, -0.25) is 4.79 Å². The van der Waals surface area contributed by atoms with Gasteiger partial charge in [-0.25, -0.2) is 4.39 Å². The van der Waals surface area contributed by atoms with Gasteiger partial charge in [-0.15, -0.1) is 0 Å². The largest absolute Gasteiger partial charge is 0.345 e. The molecule has 52 valence electrons. The Kier molecular flexibility index (Phi) is 3.67. The molecular formula is C6H10FNO. The summed E-state index contributed by atoms with van der Waals surface area (Å²) in [6.07, 6.45) is 2.39. The maximum absolute atomic E-state index is 11.4. The van der Waals surface area contributed by atoms with E-state index in [-0.39, 0.29) is 5.91 Å².